The van der Waals surface area contributed by atoms with Crippen LogP contribution in [0.3, 0.4) is 0 Å². The van der Waals surface area contributed by atoms with Crippen molar-refractivity contribution < 1.29 is 4.39 Å². The maximum atomic E-state index is 13.7. The number of alkyl halides is 1. The molecule has 1 aliphatic rings. The second kappa shape index (κ2) is 4.63. The summed E-state index contributed by atoms with van der Waals surface area (Å²) in [7, 11) is 0. The Morgan fingerprint density at radius 3 is 2.78 bits per heavy atom. The summed E-state index contributed by atoms with van der Waals surface area (Å²) in [6.45, 7) is 1.92. The molecule has 1 fully saturated rings. The molecule has 3 rings (SSSR count). The minimum Gasteiger partial charge on any atom is -0.324 e. The summed E-state index contributed by atoms with van der Waals surface area (Å²) < 4.78 is 16.5. The van der Waals surface area contributed by atoms with E-state index in [0.29, 0.717) is 9.61 Å². The molecule has 0 spiro atoms. The standard InChI is InChI=1S/C13H13ClFIN2/c1-7(14)13-17-11-6-10(16)9(15)5-12(11)18(13)8-3-2-4-8/h5-8H,2-4H2,1H3. The lowest BCUT2D eigenvalue weighted by atomic mass is 9.92. The van der Waals surface area contributed by atoms with E-state index < -0.39 is 0 Å². The molecule has 2 aromatic rings. The molecule has 0 saturated heterocycles. The summed E-state index contributed by atoms with van der Waals surface area (Å²) in [5.41, 5.74) is 1.72. The van der Waals surface area contributed by atoms with Crippen LogP contribution in [0.25, 0.3) is 11.0 Å². The summed E-state index contributed by atoms with van der Waals surface area (Å²) in [6.07, 6.45) is 3.50. The van der Waals surface area contributed by atoms with Crippen LogP contribution in [-0.2, 0) is 0 Å². The normalized spacial score (nSPS) is 18.0. The molecule has 1 aromatic heterocycles. The first-order chi connectivity index (χ1) is 8.58. The van der Waals surface area contributed by atoms with Crippen molar-refractivity contribution in [2.75, 3.05) is 0 Å². The number of halogens is 3. The minimum atomic E-state index is -0.183. The first kappa shape index (κ1) is 12.7. The highest BCUT2D eigenvalue weighted by molar-refractivity contribution is 14.1. The molecule has 0 radical (unpaired) electrons. The Kier molecular flexibility index (Phi) is 3.26. The average Bonchev–Trinajstić information content (AvgIpc) is 2.56. The smallest absolute Gasteiger partial charge is 0.138 e. The van der Waals surface area contributed by atoms with Crippen LogP contribution in [0, 0.1) is 9.39 Å². The maximum Gasteiger partial charge on any atom is 0.138 e. The molecular weight excluding hydrogens is 366 g/mol. The first-order valence-corrected chi connectivity index (χ1v) is 7.60. The average molecular weight is 379 g/mol. The lowest BCUT2D eigenvalue weighted by molar-refractivity contribution is 0.313. The molecule has 0 aliphatic heterocycles. The Morgan fingerprint density at radius 1 is 1.50 bits per heavy atom. The monoisotopic (exact) mass is 378 g/mol. The number of imidazole rings is 1. The Balaban J connectivity index is 2.26. The maximum absolute atomic E-state index is 13.7. The zero-order valence-corrected chi connectivity index (χ0v) is 12.9. The predicted molar refractivity (Wildman–Crippen MR) is 79.6 cm³/mol. The van der Waals surface area contributed by atoms with E-state index in [1.807, 2.05) is 29.5 Å². The van der Waals surface area contributed by atoms with Gasteiger partial charge >= 0.3 is 0 Å². The lowest BCUT2D eigenvalue weighted by Gasteiger charge is -2.29. The number of fused-ring (bicyclic) bond motifs is 1. The molecular formula is C13H13ClFIN2. The second-order valence-corrected chi connectivity index (χ2v) is 6.61. The van der Waals surface area contributed by atoms with Gasteiger partial charge < -0.3 is 4.57 Å². The number of hydrogen-bond acceptors (Lipinski definition) is 1. The summed E-state index contributed by atoms with van der Waals surface area (Å²) in [4.78, 5) is 4.58. The van der Waals surface area contributed by atoms with Crippen molar-refractivity contribution in [2.45, 2.75) is 37.6 Å². The SMILES string of the molecule is CC(Cl)c1nc2cc(I)c(F)cc2n1C1CCC1. The zero-order chi connectivity index (χ0) is 12.9. The molecule has 18 heavy (non-hydrogen) atoms. The molecule has 96 valence electrons. The van der Waals surface area contributed by atoms with Gasteiger partial charge in [0, 0.05) is 12.1 Å². The lowest BCUT2D eigenvalue weighted by Crippen LogP contribution is -2.19. The third kappa shape index (κ3) is 1.93. The third-order valence-corrected chi connectivity index (χ3v) is 4.58. The Bertz CT molecular complexity index is 605. The third-order valence-electron chi connectivity index (χ3n) is 3.55. The van der Waals surface area contributed by atoms with Gasteiger partial charge in [0.25, 0.3) is 0 Å². The van der Waals surface area contributed by atoms with Crippen LogP contribution < -0.4 is 0 Å². The van der Waals surface area contributed by atoms with Gasteiger partial charge in [0.15, 0.2) is 0 Å². The molecule has 2 nitrogen and oxygen atoms in total. The van der Waals surface area contributed by atoms with Gasteiger partial charge in [-0.25, -0.2) is 9.37 Å². The second-order valence-electron chi connectivity index (χ2n) is 4.80. The summed E-state index contributed by atoms with van der Waals surface area (Å²) in [6, 6.07) is 3.82. The van der Waals surface area contributed by atoms with Gasteiger partial charge in [0.1, 0.15) is 11.6 Å². The predicted octanol–water partition coefficient (Wildman–Crippen LogP) is 4.80. The first-order valence-electron chi connectivity index (χ1n) is 6.09. The van der Waals surface area contributed by atoms with Gasteiger partial charge in [-0.2, -0.15) is 0 Å². The van der Waals surface area contributed by atoms with Crippen molar-refractivity contribution in [1.29, 1.82) is 0 Å². The van der Waals surface area contributed by atoms with E-state index in [2.05, 4.69) is 9.55 Å². The highest BCUT2D eigenvalue weighted by Crippen LogP contribution is 2.38. The highest BCUT2D eigenvalue weighted by atomic mass is 127. The van der Waals surface area contributed by atoms with Crippen LogP contribution in [0.15, 0.2) is 12.1 Å². The molecule has 1 saturated carbocycles. The number of nitrogens with zero attached hydrogens (tertiary/aromatic N) is 2. The molecule has 1 unspecified atom stereocenters. The van der Waals surface area contributed by atoms with Crippen LogP contribution in [-0.4, -0.2) is 9.55 Å². The summed E-state index contributed by atoms with van der Waals surface area (Å²) in [5, 5.41) is -0.154. The van der Waals surface area contributed by atoms with Crippen LogP contribution >= 0.6 is 34.2 Å². The van der Waals surface area contributed by atoms with Crippen molar-refractivity contribution in [3.8, 4) is 0 Å². The van der Waals surface area contributed by atoms with Crippen LogP contribution in [0.2, 0.25) is 0 Å². The number of benzene rings is 1. The fraction of sp³-hybridized carbons (Fsp3) is 0.462. The summed E-state index contributed by atoms with van der Waals surface area (Å²) >= 11 is 8.20. The zero-order valence-electron chi connectivity index (χ0n) is 9.96. The van der Waals surface area contributed by atoms with E-state index in [0.717, 1.165) is 29.7 Å². The van der Waals surface area contributed by atoms with E-state index in [9.17, 15) is 4.39 Å². The minimum absolute atomic E-state index is 0.154. The molecule has 0 N–H and O–H groups in total. The van der Waals surface area contributed by atoms with Crippen molar-refractivity contribution in [1.82, 2.24) is 9.55 Å². The van der Waals surface area contributed by atoms with Crippen LogP contribution in [0.1, 0.15) is 43.4 Å². The number of rotatable bonds is 2. The Labute approximate surface area is 124 Å². The van der Waals surface area contributed by atoms with Gasteiger partial charge in [0.05, 0.1) is 20.0 Å². The van der Waals surface area contributed by atoms with E-state index >= 15 is 0 Å². The quantitative estimate of drug-likeness (QED) is 0.542. The van der Waals surface area contributed by atoms with E-state index in [-0.39, 0.29) is 11.2 Å². The fourth-order valence-corrected chi connectivity index (χ4v) is 3.02. The molecule has 0 bridgehead atoms. The molecule has 0 amide bonds. The molecule has 1 aliphatic carbocycles. The van der Waals surface area contributed by atoms with Gasteiger partial charge in [-0.15, -0.1) is 11.6 Å². The largest absolute Gasteiger partial charge is 0.324 e. The van der Waals surface area contributed by atoms with E-state index in [1.54, 1.807) is 12.1 Å². The van der Waals surface area contributed by atoms with Crippen LogP contribution in [0.4, 0.5) is 4.39 Å². The van der Waals surface area contributed by atoms with Gasteiger partial charge in [-0.05, 0) is 54.8 Å². The number of aromatic nitrogens is 2. The Hall–Kier alpha value is -0.360. The summed E-state index contributed by atoms with van der Waals surface area (Å²) in [5.74, 6) is 0.676. The topological polar surface area (TPSA) is 17.8 Å². The molecule has 1 aromatic carbocycles. The van der Waals surface area contributed by atoms with Crippen molar-refractivity contribution in [3.63, 3.8) is 0 Å². The number of hydrogen-bond donors (Lipinski definition) is 0. The van der Waals surface area contributed by atoms with Gasteiger partial charge in [0.2, 0.25) is 0 Å². The molecule has 5 heteroatoms. The fourth-order valence-electron chi connectivity index (χ4n) is 2.42. The molecule has 1 atom stereocenters. The van der Waals surface area contributed by atoms with E-state index in [1.165, 1.54) is 6.42 Å². The van der Waals surface area contributed by atoms with Gasteiger partial charge in [-0.3, -0.25) is 0 Å². The van der Waals surface area contributed by atoms with Crippen molar-refractivity contribution in [3.05, 3.63) is 27.3 Å². The van der Waals surface area contributed by atoms with Crippen molar-refractivity contribution in [2.24, 2.45) is 0 Å². The highest BCUT2D eigenvalue weighted by Gasteiger charge is 2.26. The molecule has 1 heterocycles. The van der Waals surface area contributed by atoms with Crippen LogP contribution in [0.5, 0.6) is 0 Å². The van der Waals surface area contributed by atoms with Crippen molar-refractivity contribution >= 4 is 45.2 Å². The van der Waals surface area contributed by atoms with E-state index in [4.69, 9.17) is 11.6 Å². The Morgan fingerprint density at radius 2 is 2.22 bits per heavy atom. The van der Waals surface area contributed by atoms with Gasteiger partial charge in [-0.1, -0.05) is 0 Å².